The molecule has 1 fully saturated rings. The number of hydrogen-bond acceptors (Lipinski definition) is 5. The van der Waals surface area contributed by atoms with Crippen molar-refractivity contribution in [1.82, 2.24) is 25.2 Å². The first-order valence-electron chi connectivity index (χ1n) is 5.60. The largest absolute Gasteiger partial charge is 0.374 e. The van der Waals surface area contributed by atoms with Gasteiger partial charge in [-0.05, 0) is 7.05 Å². The van der Waals surface area contributed by atoms with Gasteiger partial charge in [-0.1, -0.05) is 5.21 Å². The number of aryl methyl sites for hydroxylation is 1. The van der Waals surface area contributed by atoms with Gasteiger partial charge in [0.05, 0.1) is 18.4 Å². The first-order valence-corrected chi connectivity index (χ1v) is 5.60. The van der Waals surface area contributed by atoms with E-state index in [0.717, 1.165) is 38.5 Å². The molecule has 6 nitrogen and oxygen atoms in total. The highest BCUT2D eigenvalue weighted by Crippen LogP contribution is 2.02. The summed E-state index contributed by atoms with van der Waals surface area (Å²) in [6, 6.07) is 0. The van der Waals surface area contributed by atoms with Crippen LogP contribution in [0.3, 0.4) is 0 Å². The number of likely N-dealkylation sites (N-methyl/N-ethyl adjacent to an activating group) is 1. The van der Waals surface area contributed by atoms with Crippen molar-refractivity contribution < 1.29 is 4.74 Å². The third-order valence-electron chi connectivity index (χ3n) is 2.60. The molecule has 0 aromatic carbocycles. The normalized spacial score (nSPS) is 21.6. The van der Waals surface area contributed by atoms with Gasteiger partial charge >= 0.3 is 0 Å². The fourth-order valence-electron chi connectivity index (χ4n) is 1.89. The Balaban J connectivity index is 1.77. The van der Waals surface area contributed by atoms with Crippen LogP contribution in [0.5, 0.6) is 0 Å². The van der Waals surface area contributed by atoms with Crippen molar-refractivity contribution >= 4 is 0 Å². The van der Waals surface area contributed by atoms with Gasteiger partial charge in [-0.25, -0.2) is 0 Å². The van der Waals surface area contributed by atoms with E-state index in [1.54, 1.807) is 4.68 Å². The number of rotatable bonds is 4. The first-order chi connectivity index (χ1) is 7.74. The molecule has 2 heterocycles. The zero-order valence-electron chi connectivity index (χ0n) is 9.89. The van der Waals surface area contributed by atoms with Gasteiger partial charge in [0.1, 0.15) is 0 Å². The molecule has 0 aliphatic carbocycles. The van der Waals surface area contributed by atoms with Crippen molar-refractivity contribution in [1.29, 1.82) is 0 Å². The maximum Gasteiger partial charge on any atom is 0.0966 e. The van der Waals surface area contributed by atoms with Crippen molar-refractivity contribution in [3.63, 3.8) is 0 Å². The zero-order chi connectivity index (χ0) is 11.4. The van der Waals surface area contributed by atoms with Crippen LogP contribution in [-0.2, 0) is 18.3 Å². The predicted octanol–water partition coefficient (Wildman–Crippen LogP) is -0.765. The van der Waals surface area contributed by atoms with Crippen LogP contribution >= 0.6 is 0 Å². The molecule has 0 bridgehead atoms. The molecule has 1 aliphatic heterocycles. The minimum Gasteiger partial charge on any atom is -0.374 e. The predicted molar refractivity (Wildman–Crippen MR) is 59.9 cm³/mol. The third kappa shape index (κ3) is 3.26. The molecule has 0 amide bonds. The van der Waals surface area contributed by atoms with E-state index in [9.17, 15) is 0 Å². The maximum absolute atomic E-state index is 5.65. The summed E-state index contributed by atoms with van der Waals surface area (Å²) in [5.41, 5.74) is 0.994. The van der Waals surface area contributed by atoms with Crippen LogP contribution in [0.2, 0.25) is 0 Å². The molecule has 1 saturated heterocycles. The summed E-state index contributed by atoms with van der Waals surface area (Å²) in [7, 11) is 3.96. The average Bonchev–Trinajstić information content (AvgIpc) is 2.65. The first kappa shape index (κ1) is 11.5. The molecule has 1 aromatic heterocycles. The Hall–Kier alpha value is -0.980. The van der Waals surface area contributed by atoms with Crippen molar-refractivity contribution in [3.8, 4) is 0 Å². The molecule has 0 saturated carbocycles. The van der Waals surface area contributed by atoms with Crippen molar-refractivity contribution in [2.24, 2.45) is 7.05 Å². The minimum atomic E-state index is 0.287. The SMILES string of the molecule is CN(Cc1cn(C)nn1)CC1CNCCO1. The summed E-state index contributed by atoms with van der Waals surface area (Å²) in [6.07, 6.45) is 2.23. The second kappa shape index (κ2) is 5.38. The Morgan fingerprint density at radius 3 is 3.19 bits per heavy atom. The lowest BCUT2D eigenvalue weighted by Gasteiger charge is -2.27. The van der Waals surface area contributed by atoms with Crippen LogP contribution < -0.4 is 5.32 Å². The second-order valence-corrected chi connectivity index (χ2v) is 4.28. The Morgan fingerprint density at radius 1 is 1.69 bits per heavy atom. The number of hydrogen-bond donors (Lipinski definition) is 1. The van der Waals surface area contributed by atoms with Gasteiger partial charge in [-0.3, -0.25) is 9.58 Å². The van der Waals surface area contributed by atoms with Crippen molar-refractivity contribution in [3.05, 3.63) is 11.9 Å². The summed E-state index contributed by atoms with van der Waals surface area (Å²) in [4.78, 5) is 2.21. The zero-order valence-corrected chi connectivity index (χ0v) is 9.89. The highest BCUT2D eigenvalue weighted by Gasteiger charge is 2.15. The minimum absolute atomic E-state index is 0.287. The van der Waals surface area contributed by atoms with E-state index in [4.69, 9.17) is 4.74 Å². The summed E-state index contributed by atoms with van der Waals surface area (Å²) in [6.45, 7) is 4.44. The van der Waals surface area contributed by atoms with Crippen LogP contribution in [0.4, 0.5) is 0 Å². The van der Waals surface area contributed by atoms with Crippen LogP contribution in [0.1, 0.15) is 5.69 Å². The molecule has 0 spiro atoms. The standard InChI is InChI=1S/C10H19N5O/c1-14(6-9-7-15(2)13-12-9)8-10-5-11-3-4-16-10/h7,10-11H,3-6,8H2,1-2H3. The molecule has 90 valence electrons. The highest BCUT2D eigenvalue weighted by atomic mass is 16.5. The van der Waals surface area contributed by atoms with Crippen LogP contribution in [-0.4, -0.2) is 59.3 Å². The number of nitrogens with one attached hydrogen (secondary N) is 1. The maximum atomic E-state index is 5.65. The van der Waals surface area contributed by atoms with Gasteiger partial charge in [0.2, 0.25) is 0 Å². The van der Waals surface area contributed by atoms with E-state index in [0.29, 0.717) is 0 Å². The molecule has 1 unspecified atom stereocenters. The van der Waals surface area contributed by atoms with Gasteiger partial charge < -0.3 is 10.1 Å². The number of ether oxygens (including phenoxy) is 1. The molecule has 1 N–H and O–H groups in total. The highest BCUT2D eigenvalue weighted by molar-refractivity contribution is 4.91. The Kier molecular flexibility index (Phi) is 3.87. The van der Waals surface area contributed by atoms with E-state index in [1.807, 2.05) is 13.2 Å². The molecule has 0 radical (unpaired) electrons. The Labute approximate surface area is 95.6 Å². The summed E-state index contributed by atoms with van der Waals surface area (Å²) >= 11 is 0. The van der Waals surface area contributed by atoms with Gasteiger partial charge in [0, 0.05) is 39.4 Å². The summed E-state index contributed by atoms with van der Waals surface area (Å²) in [5, 5.41) is 11.3. The van der Waals surface area contributed by atoms with E-state index >= 15 is 0 Å². The van der Waals surface area contributed by atoms with E-state index < -0.39 is 0 Å². The van der Waals surface area contributed by atoms with Crippen LogP contribution in [0.25, 0.3) is 0 Å². The van der Waals surface area contributed by atoms with Gasteiger partial charge in [-0.15, -0.1) is 5.10 Å². The lowest BCUT2D eigenvalue weighted by Crippen LogP contribution is -2.44. The monoisotopic (exact) mass is 225 g/mol. The smallest absolute Gasteiger partial charge is 0.0966 e. The quantitative estimate of drug-likeness (QED) is 0.729. The molecule has 16 heavy (non-hydrogen) atoms. The molecule has 6 heteroatoms. The molecular weight excluding hydrogens is 206 g/mol. The Morgan fingerprint density at radius 2 is 2.56 bits per heavy atom. The topological polar surface area (TPSA) is 55.2 Å². The average molecular weight is 225 g/mol. The van der Waals surface area contributed by atoms with Crippen molar-refractivity contribution in [2.75, 3.05) is 33.3 Å². The molecule has 1 aromatic rings. The lowest BCUT2D eigenvalue weighted by molar-refractivity contribution is 0.00867. The second-order valence-electron chi connectivity index (χ2n) is 4.28. The Bertz CT molecular complexity index is 321. The van der Waals surface area contributed by atoms with Gasteiger partial charge in [0.25, 0.3) is 0 Å². The third-order valence-corrected chi connectivity index (χ3v) is 2.60. The van der Waals surface area contributed by atoms with Gasteiger partial charge in [-0.2, -0.15) is 0 Å². The van der Waals surface area contributed by atoms with Crippen LogP contribution in [0, 0.1) is 0 Å². The molecule has 1 aliphatic rings. The van der Waals surface area contributed by atoms with Gasteiger partial charge in [0.15, 0.2) is 0 Å². The molecular formula is C10H19N5O. The molecule has 2 rings (SSSR count). The summed E-state index contributed by atoms with van der Waals surface area (Å²) in [5.74, 6) is 0. The number of morpholine rings is 1. The van der Waals surface area contributed by atoms with E-state index in [-0.39, 0.29) is 6.10 Å². The summed E-state index contributed by atoms with van der Waals surface area (Å²) < 4.78 is 7.37. The fraction of sp³-hybridized carbons (Fsp3) is 0.800. The molecule has 1 atom stereocenters. The lowest BCUT2D eigenvalue weighted by atomic mass is 10.3. The number of aromatic nitrogens is 3. The van der Waals surface area contributed by atoms with E-state index in [2.05, 4.69) is 27.6 Å². The van der Waals surface area contributed by atoms with Crippen molar-refractivity contribution in [2.45, 2.75) is 12.6 Å². The fourth-order valence-corrected chi connectivity index (χ4v) is 1.89. The number of nitrogens with zero attached hydrogens (tertiary/aromatic N) is 4. The van der Waals surface area contributed by atoms with E-state index in [1.165, 1.54) is 0 Å². The van der Waals surface area contributed by atoms with Crippen LogP contribution in [0.15, 0.2) is 6.20 Å².